The van der Waals surface area contributed by atoms with Crippen LogP contribution in [0.4, 0.5) is 5.69 Å². The number of nitrogens with zero attached hydrogens (tertiary/aromatic N) is 3. The Balaban J connectivity index is 1.91. The number of ketones is 1. The first-order valence-corrected chi connectivity index (χ1v) is 13.9. The molecule has 0 radical (unpaired) electrons. The Morgan fingerprint density at radius 1 is 1.02 bits per heavy atom. The Labute approximate surface area is 246 Å². The number of hydrogen-bond donors (Lipinski definition) is 0. The quantitative estimate of drug-likeness (QED) is 0.100. The van der Waals surface area contributed by atoms with Gasteiger partial charge in [0.25, 0.3) is 0 Å². The molecular weight excluding hydrogens is 542 g/mol. The number of Topliss-reactive ketones (excluding diaryl/α,β-unsaturated/α-hetero) is 1. The van der Waals surface area contributed by atoms with E-state index in [1.165, 1.54) is 7.11 Å². The number of hydrogen-bond acceptors (Lipinski definition) is 6. The van der Waals surface area contributed by atoms with Crippen molar-refractivity contribution in [1.29, 1.82) is 0 Å². The summed E-state index contributed by atoms with van der Waals surface area (Å²) in [7, 11) is 4.68. The lowest BCUT2D eigenvalue weighted by molar-refractivity contribution is -0.118. The number of benzene rings is 3. The molecule has 0 N–H and O–H groups in total. The summed E-state index contributed by atoms with van der Waals surface area (Å²) in [5.41, 5.74) is 3.74. The predicted octanol–water partition coefficient (Wildman–Crippen LogP) is 6.68. The first kappa shape index (κ1) is 30.1. The van der Waals surface area contributed by atoms with Crippen LogP contribution in [-0.2, 0) is 17.9 Å². The van der Waals surface area contributed by atoms with Gasteiger partial charge in [-0.05, 0) is 55.7 Å². The maximum atomic E-state index is 13.2. The van der Waals surface area contributed by atoms with Crippen LogP contribution in [0.2, 0.25) is 5.02 Å². The molecule has 1 aromatic heterocycles. The minimum atomic E-state index is -0.0920. The lowest BCUT2D eigenvalue weighted by atomic mass is 10.1. The number of amides is 1. The first-order valence-electron chi connectivity index (χ1n) is 13.5. The minimum absolute atomic E-state index is 0.0296. The molecule has 0 aliphatic carbocycles. The summed E-state index contributed by atoms with van der Waals surface area (Å²) in [6.45, 7) is 6.93. The number of ether oxygens (including phenoxy) is 3. The van der Waals surface area contributed by atoms with Crippen molar-refractivity contribution >= 4 is 40.5 Å². The zero-order valence-electron chi connectivity index (χ0n) is 24.4. The van der Waals surface area contributed by atoms with Crippen LogP contribution in [-0.4, -0.2) is 49.6 Å². The third-order valence-corrected chi connectivity index (χ3v) is 7.79. The summed E-state index contributed by atoms with van der Waals surface area (Å²) in [6.07, 6.45) is 1.72. The first-order chi connectivity index (χ1) is 19.7. The highest BCUT2D eigenvalue weighted by atomic mass is 35.5. The van der Waals surface area contributed by atoms with Crippen LogP contribution in [0.5, 0.6) is 17.2 Å². The molecule has 1 unspecified atom stereocenters. The monoisotopic (exact) mass is 578 g/mol. The largest absolute Gasteiger partial charge is 0.496 e. The van der Waals surface area contributed by atoms with E-state index in [-0.39, 0.29) is 16.8 Å². The summed E-state index contributed by atoms with van der Waals surface area (Å²) >= 11 is 6.92. The molecule has 216 valence electrons. The van der Waals surface area contributed by atoms with Gasteiger partial charge in [-0.1, -0.05) is 37.6 Å². The highest BCUT2D eigenvalue weighted by Crippen LogP contribution is 2.44. The second-order valence-corrected chi connectivity index (χ2v) is 10.9. The van der Waals surface area contributed by atoms with E-state index in [1.807, 2.05) is 42.5 Å². The van der Waals surface area contributed by atoms with E-state index in [2.05, 4.69) is 18.4 Å². The number of imidazole rings is 1. The third-order valence-electron chi connectivity index (χ3n) is 7.42. The normalized spacial score (nSPS) is 12.8. The molecule has 4 rings (SSSR count). The average molecular weight is 579 g/mol. The fourth-order valence-electron chi connectivity index (χ4n) is 5.11. The van der Waals surface area contributed by atoms with Crippen LogP contribution in [0.1, 0.15) is 48.9 Å². The van der Waals surface area contributed by atoms with Crippen molar-refractivity contribution in [3.8, 4) is 17.2 Å². The number of aromatic nitrogens is 2. The van der Waals surface area contributed by atoms with Crippen LogP contribution >= 0.6 is 11.6 Å². The number of methoxy groups -OCH3 is 3. The van der Waals surface area contributed by atoms with Crippen LogP contribution in [0, 0.1) is 5.92 Å². The lowest BCUT2D eigenvalue weighted by Gasteiger charge is -2.33. The van der Waals surface area contributed by atoms with Crippen molar-refractivity contribution in [2.45, 2.75) is 40.3 Å². The smallest absolute Gasteiger partial charge is 0.306 e. The van der Waals surface area contributed by atoms with E-state index in [0.717, 1.165) is 29.4 Å². The fraction of sp³-hybridized carbons (Fsp3) is 0.344. The summed E-state index contributed by atoms with van der Waals surface area (Å²) in [6, 6.07) is 16.9. The van der Waals surface area contributed by atoms with Gasteiger partial charge in [-0.2, -0.15) is 0 Å². The summed E-state index contributed by atoms with van der Waals surface area (Å²) in [4.78, 5) is 30.4. The standard InChI is InChI=1S/C32H37ClN3O5/c1-21(2)15-16-36(20-37,27-12-14-29(40-5)32(41-6)31(27)33)19-30-34-25-9-7-8-10-26(25)35(30)18-24-17-23(22(3)38)11-13-28(24)39-4/h7-14,17,20-21H,15-16,18-19H2,1-6H3/q+1. The molecule has 9 heteroatoms. The van der Waals surface area contributed by atoms with E-state index in [9.17, 15) is 9.59 Å². The van der Waals surface area contributed by atoms with Gasteiger partial charge < -0.3 is 18.8 Å². The van der Waals surface area contributed by atoms with E-state index in [0.29, 0.717) is 58.4 Å². The zero-order chi connectivity index (χ0) is 29.7. The fourth-order valence-corrected chi connectivity index (χ4v) is 5.51. The van der Waals surface area contributed by atoms with Gasteiger partial charge in [0.1, 0.15) is 17.3 Å². The second-order valence-electron chi connectivity index (χ2n) is 10.5. The van der Waals surface area contributed by atoms with Crippen molar-refractivity contribution in [3.63, 3.8) is 0 Å². The van der Waals surface area contributed by atoms with Gasteiger partial charge in [-0.15, -0.1) is 0 Å². The SMILES string of the molecule is COc1ccc(C(C)=O)cc1Cn1c(C[N+](C=O)(CCC(C)C)c2ccc(OC)c(OC)c2Cl)nc2ccccc21. The number of carbonyl (C=O) groups excluding carboxylic acids is 2. The van der Waals surface area contributed by atoms with Gasteiger partial charge in [-0.25, -0.2) is 14.3 Å². The topological polar surface area (TPSA) is 79.7 Å². The molecule has 0 fully saturated rings. The summed E-state index contributed by atoms with van der Waals surface area (Å²) < 4.78 is 18.7. The van der Waals surface area contributed by atoms with E-state index in [1.54, 1.807) is 33.3 Å². The van der Waals surface area contributed by atoms with Crippen molar-refractivity contribution in [2.75, 3.05) is 27.9 Å². The molecule has 1 amide bonds. The van der Waals surface area contributed by atoms with Gasteiger partial charge in [0.2, 0.25) is 0 Å². The predicted molar refractivity (Wildman–Crippen MR) is 162 cm³/mol. The van der Waals surface area contributed by atoms with Crippen molar-refractivity contribution in [3.05, 3.63) is 76.6 Å². The molecule has 41 heavy (non-hydrogen) atoms. The highest BCUT2D eigenvalue weighted by Gasteiger charge is 2.37. The van der Waals surface area contributed by atoms with Gasteiger partial charge in [0.15, 0.2) is 28.8 Å². The Kier molecular flexibility index (Phi) is 9.35. The molecule has 0 aliphatic rings. The molecule has 0 saturated carbocycles. The van der Waals surface area contributed by atoms with Crippen LogP contribution in [0.3, 0.4) is 0 Å². The molecule has 3 aromatic carbocycles. The molecule has 0 spiro atoms. The van der Waals surface area contributed by atoms with Gasteiger partial charge in [0, 0.05) is 17.2 Å². The van der Waals surface area contributed by atoms with Crippen LogP contribution in [0.15, 0.2) is 54.6 Å². The van der Waals surface area contributed by atoms with Gasteiger partial charge in [-0.3, -0.25) is 4.79 Å². The number of fused-ring (bicyclic) bond motifs is 1. The third kappa shape index (κ3) is 6.09. The molecule has 0 saturated heterocycles. The number of quaternary nitrogens is 1. The lowest BCUT2D eigenvalue weighted by Crippen LogP contribution is -2.49. The molecule has 4 aromatic rings. The molecular formula is C32H37ClN3O5+. The second kappa shape index (κ2) is 12.7. The molecule has 8 nitrogen and oxygen atoms in total. The molecule has 0 aliphatic heterocycles. The number of halogens is 1. The Bertz CT molecular complexity index is 1560. The average Bonchev–Trinajstić information content (AvgIpc) is 3.31. The summed E-state index contributed by atoms with van der Waals surface area (Å²) in [5, 5.41) is 0.321. The Hall–Kier alpha value is -3.88. The molecule has 0 bridgehead atoms. The van der Waals surface area contributed by atoms with Gasteiger partial charge >= 0.3 is 6.41 Å². The van der Waals surface area contributed by atoms with Gasteiger partial charge in [0.05, 0.1) is 45.5 Å². The zero-order valence-corrected chi connectivity index (χ0v) is 25.2. The molecule has 1 heterocycles. The van der Waals surface area contributed by atoms with Crippen molar-refractivity contribution in [2.24, 2.45) is 5.92 Å². The maximum Gasteiger partial charge on any atom is 0.306 e. The number of carbonyl (C=O) groups is 2. The van der Waals surface area contributed by atoms with E-state index < -0.39 is 0 Å². The summed E-state index contributed by atoms with van der Waals surface area (Å²) in [5.74, 6) is 2.54. The Morgan fingerprint density at radius 3 is 2.37 bits per heavy atom. The number of rotatable bonds is 13. The Morgan fingerprint density at radius 2 is 1.73 bits per heavy atom. The van der Waals surface area contributed by atoms with Crippen LogP contribution < -0.4 is 18.7 Å². The van der Waals surface area contributed by atoms with E-state index in [4.69, 9.17) is 30.8 Å². The molecule has 1 atom stereocenters. The number of para-hydroxylation sites is 2. The van der Waals surface area contributed by atoms with Crippen molar-refractivity contribution < 1.29 is 23.8 Å². The minimum Gasteiger partial charge on any atom is -0.496 e. The maximum absolute atomic E-state index is 13.2. The van der Waals surface area contributed by atoms with Crippen LogP contribution in [0.25, 0.3) is 11.0 Å². The highest BCUT2D eigenvalue weighted by molar-refractivity contribution is 6.35. The van der Waals surface area contributed by atoms with Crippen molar-refractivity contribution in [1.82, 2.24) is 14.0 Å². The van der Waals surface area contributed by atoms with E-state index >= 15 is 0 Å².